The first kappa shape index (κ1) is 18.8. The summed E-state index contributed by atoms with van der Waals surface area (Å²) in [5.41, 5.74) is 2.03. The molecule has 7 heteroatoms. The molecule has 0 spiro atoms. The fourth-order valence-corrected chi connectivity index (χ4v) is 3.39. The van der Waals surface area contributed by atoms with Gasteiger partial charge in [-0.2, -0.15) is 5.10 Å². The highest BCUT2D eigenvalue weighted by atomic mass is 32.1. The minimum absolute atomic E-state index is 0.116. The van der Waals surface area contributed by atoms with Crippen molar-refractivity contribution in [2.24, 2.45) is 7.05 Å². The van der Waals surface area contributed by atoms with Gasteiger partial charge in [0.05, 0.1) is 6.67 Å². The Hall–Kier alpha value is -1.99. The molecule has 0 atom stereocenters. The second-order valence-electron chi connectivity index (χ2n) is 7.22. The molecule has 6 nitrogen and oxygen atoms in total. The quantitative estimate of drug-likeness (QED) is 0.773. The van der Waals surface area contributed by atoms with Gasteiger partial charge in [-0.3, -0.25) is 9.69 Å². The highest BCUT2D eigenvalue weighted by molar-refractivity contribution is 7.71. The van der Waals surface area contributed by atoms with E-state index in [1.165, 1.54) is 5.56 Å². The van der Waals surface area contributed by atoms with Crippen molar-refractivity contribution in [1.29, 1.82) is 0 Å². The minimum Gasteiger partial charge on any atom is -0.336 e. The van der Waals surface area contributed by atoms with E-state index in [4.69, 9.17) is 12.2 Å². The van der Waals surface area contributed by atoms with Crippen molar-refractivity contribution in [3.63, 3.8) is 0 Å². The number of rotatable bonds is 4. The van der Waals surface area contributed by atoms with Crippen molar-refractivity contribution < 1.29 is 4.79 Å². The molecule has 1 aliphatic rings. The Kier molecular flexibility index (Phi) is 5.58. The summed E-state index contributed by atoms with van der Waals surface area (Å²) in [5.74, 6) is 1.50. The summed E-state index contributed by atoms with van der Waals surface area (Å²) < 4.78 is 4.49. The molecule has 0 aliphatic carbocycles. The first-order valence-corrected chi connectivity index (χ1v) is 9.49. The van der Waals surface area contributed by atoms with Crippen molar-refractivity contribution >= 4 is 18.1 Å². The van der Waals surface area contributed by atoms with Crippen molar-refractivity contribution in [3.05, 3.63) is 46.0 Å². The normalized spacial score (nSPS) is 15.7. The van der Waals surface area contributed by atoms with E-state index in [2.05, 4.69) is 36.0 Å². The molecule has 0 unspecified atom stereocenters. The molecule has 2 heterocycles. The van der Waals surface area contributed by atoms with Gasteiger partial charge in [0, 0.05) is 38.8 Å². The lowest BCUT2D eigenvalue weighted by molar-refractivity contribution is 0.0585. The molecule has 3 rings (SSSR count). The van der Waals surface area contributed by atoms with Crippen LogP contribution >= 0.6 is 12.2 Å². The molecule has 1 fully saturated rings. The highest BCUT2D eigenvalue weighted by Crippen LogP contribution is 2.16. The van der Waals surface area contributed by atoms with Crippen molar-refractivity contribution in [2.75, 3.05) is 26.2 Å². The summed E-state index contributed by atoms with van der Waals surface area (Å²) >= 11 is 5.41. The number of hydrogen-bond acceptors (Lipinski definition) is 4. The molecule has 1 aromatic carbocycles. The zero-order valence-corrected chi connectivity index (χ0v) is 16.8. The van der Waals surface area contributed by atoms with Crippen LogP contribution in [0.3, 0.4) is 0 Å². The molecule has 2 aromatic rings. The number of benzene rings is 1. The van der Waals surface area contributed by atoms with Gasteiger partial charge < -0.3 is 9.47 Å². The van der Waals surface area contributed by atoms with Crippen LogP contribution < -0.4 is 0 Å². The summed E-state index contributed by atoms with van der Waals surface area (Å²) in [6, 6.07) is 8.00. The molecular formula is C19H27N5OS. The van der Waals surface area contributed by atoms with Gasteiger partial charge in [0.1, 0.15) is 5.82 Å². The molecule has 1 aromatic heterocycles. The summed E-state index contributed by atoms with van der Waals surface area (Å²) in [6.45, 7) is 10.0. The van der Waals surface area contributed by atoms with Crippen molar-refractivity contribution in [2.45, 2.75) is 33.4 Å². The standard InChI is InChI=1S/C19H27N5OS/c1-14(2)16-5-7-17(8-6-16)18(25)23-11-9-22(10-12-23)13-24-19(26)21(4)15(3)20-24/h5-8,14H,9-13H2,1-4H3. The minimum atomic E-state index is 0.116. The van der Waals surface area contributed by atoms with Gasteiger partial charge in [-0.15, -0.1) is 0 Å². The van der Waals surface area contributed by atoms with Crippen LogP contribution in [0.4, 0.5) is 0 Å². The number of carbonyl (C=O) groups is 1. The summed E-state index contributed by atoms with van der Waals surface area (Å²) in [5, 5.41) is 4.48. The monoisotopic (exact) mass is 373 g/mol. The second kappa shape index (κ2) is 7.72. The van der Waals surface area contributed by atoms with E-state index in [1.54, 1.807) is 0 Å². The zero-order chi connectivity index (χ0) is 18.8. The Morgan fingerprint density at radius 2 is 1.77 bits per heavy atom. The summed E-state index contributed by atoms with van der Waals surface area (Å²) in [6.07, 6.45) is 0. The molecular weight excluding hydrogens is 346 g/mol. The Bertz CT molecular complexity index is 829. The van der Waals surface area contributed by atoms with E-state index in [9.17, 15) is 4.79 Å². The highest BCUT2D eigenvalue weighted by Gasteiger charge is 2.22. The van der Waals surface area contributed by atoms with Crippen LogP contribution in [0, 0.1) is 11.7 Å². The predicted octanol–water partition coefficient (Wildman–Crippen LogP) is 2.80. The van der Waals surface area contributed by atoms with Gasteiger partial charge in [-0.05, 0) is 42.8 Å². The van der Waals surface area contributed by atoms with Crippen LogP contribution in [-0.4, -0.2) is 56.2 Å². The van der Waals surface area contributed by atoms with Crippen molar-refractivity contribution in [1.82, 2.24) is 24.1 Å². The maximum absolute atomic E-state index is 12.7. The molecule has 26 heavy (non-hydrogen) atoms. The van der Waals surface area contributed by atoms with Gasteiger partial charge in [0.2, 0.25) is 0 Å². The smallest absolute Gasteiger partial charge is 0.253 e. The summed E-state index contributed by atoms with van der Waals surface area (Å²) in [7, 11) is 1.93. The van der Waals surface area contributed by atoms with E-state index in [-0.39, 0.29) is 5.91 Å². The topological polar surface area (TPSA) is 46.3 Å². The third kappa shape index (κ3) is 3.88. The van der Waals surface area contributed by atoms with Gasteiger partial charge in [-0.25, -0.2) is 4.68 Å². The maximum Gasteiger partial charge on any atom is 0.253 e. The molecule has 140 valence electrons. The Morgan fingerprint density at radius 3 is 2.27 bits per heavy atom. The van der Waals surface area contributed by atoms with Gasteiger partial charge in [0.15, 0.2) is 4.77 Å². The third-order valence-corrected chi connectivity index (χ3v) is 5.56. The average molecular weight is 374 g/mol. The largest absolute Gasteiger partial charge is 0.336 e. The van der Waals surface area contributed by atoms with Crippen LogP contribution in [0.1, 0.15) is 41.5 Å². The first-order valence-electron chi connectivity index (χ1n) is 9.09. The number of piperazine rings is 1. The molecule has 0 bridgehead atoms. The van der Waals surface area contributed by atoms with Crippen LogP contribution in [0.15, 0.2) is 24.3 Å². The first-order chi connectivity index (χ1) is 12.4. The second-order valence-corrected chi connectivity index (χ2v) is 7.58. The zero-order valence-electron chi connectivity index (χ0n) is 16.0. The molecule has 1 aliphatic heterocycles. The molecule has 1 amide bonds. The molecule has 0 radical (unpaired) electrons. The lowest BCUT2D eigenvalue weighted by Gasteiger charge is -2.34. The van der Waals surface area contributed by atoms with Crippen LogP contribution in [0.2, 0.25) is 0 Å². The Labute approximate surface area is 160 Å². The number of carbonyl (C=O) groups excluding carboxylic acids is 1. The van der Waals surface area contributed by atoms with E-state index in [0.717, 1.165) is 42.3 Å². The van der Waals surface area contributed by atoms with Gasteiger partial charge >= 0.3 is 0 Å². The Morgan fingerprint density at radius 1 is 1.15 bits per heavy atom. The lowest BCUT2D eigenvalue weighted by atomic mass is 10.0. The van der Waals surface area contributed by atoms with Gasteiger partial charge in [-0.1, -0.05) is 26.0 Å². The van der Waals surface area contributed by atoms with E-state index < -0.39 is 0 Å². The van der Waals surface area contributed by atoms with E-state index >= 15 is 0 Å². The number of aryl methyl sites for hydroxylation is 1. The van der Waals surface area contributed by atoms with E-state index in [1.807, 2.05) is 40.3 Å². The van der Waals surface area contributed by atoms with Crippen LogP contribution in [0.5, 0.6) is 0 Å². The fourth-order valence-electron chi connectivity index (χ4n) is 3.16. The predicted molar refractivity (Wildman–Crippen MR) is 105 cm³/mol. The molecule has 0 N–H and O–H groups in total. The summed E-state index contributed by atoms with van der Waals surface area (Å²) in [4.78, 5) is 16.9. The Balaban J connectivity index is 1.58. The average Bonchev–Trinajstić information content (AvgIpc) is 2.88. The number of nitrogens with zero attached hydrogens (tertiary/aromatic N) is 5. The SMILES string of the molecule is Cc1nn(CN2CCN(C(=O)c3ccc(C(C)C)cc3)CC2)c(=S)n1C. The third-order valence-electron chi connectivity index (χ3n) is 5.08. The van der Waals surface area contributed by atoms with E-state index in [0.29, 0.717) is 12.6 Å². The number of amides is 1. The maximum atomic E-state index is 12.7. The van der Waals surface area contributed by atoms with Crippen molar-refractivity contribution in [3.8, 4) is 0 Å². The number of aromatic nitrogens is 3. The van der Waals surface area contributed by atoms with Gasteiger partial charge in [0.25, 0.3) is 5.91 Å². The van der Waals surface area contributed by atoms with Crippen LogP contribution in [-0.2, 0) is 13.7 Å². The number of hydrogen-bond donors (Lipinski definition) is 0. The molecule has 1 saturated heterocycles. The molecule has 0 saturated carbocycles. The fraction of sp³-hybridized carbons (Fsp3) is 0.526. The lowest BCUT2D eigenvalue weighted by Crippen LogP contribution is -2.49. The van der Waals surface area contributed by atoms with Crippen LogP contribution in [0.25, 0.3) is 0 Å².